The molecule has 0 saturated carbocycles. The zero-order valence-corrected chi connectivity index (χ0v) is 16.9. The lowest BCUT2D eigenvalue weighted by molar-refractivity contribution is -0.141. The summed E-state index contributed by atoms with van der Waals surface area (Å²) < 4.78 is 0. The van der Waals surface area contributed by atoms with Crippen molar-refractivity contribution in [3.8, 4) is 0 Å². The molecule has 0 saturated heterocycles. The van der Waals surface area contributed by atoms with E-state index >= 15 is 0 Å². The molecule has 0 fully saturated rings. The molecule has 0 atom stereocenters. The number of ketones is 1. The fourth-order valence-corrected chi connectivity index (χ4v) is 2.51. The van der Waals surface area contributed by atoms with Crippen molar-refractivity contribution in [1.82, 2.24) is 0 Å². The summed E-state index contributed by atoms with van der Waals surface area (Å²) in [4.78, 5) is 11.6. The molecule has 0 aromatic rings. The van der Waals surface area contributed by atoms with Crippen LogP contribution in [0.3, 0.4) is 0 Å². The first-order valence-electron chi connectivity index (χ1n) is 10.3. The molecule has 0 unspecified atom stereocenters. The molecule has 0 amide bonds. The average Bonchev–Trinajstić information content (AvgIpc) is 2.69. The lowest BCUT2D eigenvalue weighted by Gasteiger charge is -2.18. The Balaban J connectivity index is 3.72. The van der Waals surface area contributed by atoms with Gasteiger partial charge in [-0.25, -0.2) is 0 Å². The standard InChI is InChI=1S/C23H38O4/c1-2-3-4-5-6-7-8-9-10-11-12-13-14-15-16-17-18-19-22(26)23(27,20-24)21-25/h12-19,24-25,27H,2-11,20-21H2,1H3. The predicted octanol–water partition coefficient (Wildman–Crippen LogP) is 4.42. The van der Waals surface area contributed by atoms with Gasteiger partial charge >= 0.3 is 0 Å². The smallest absolute Gasteiger partial charge is 0.191 e. The van der Waals surface area contributed by atoms with Gasteiger partial charge in [-0.3, -0.25) is 4.79 Å². The second-order valence-electron chi connectivity index (χ2n) is 6.89. The van der Waals surface area contributed by atoms with Gasteiger partial charge in [0.2, 0.25) is 0 Å². The number of unbranched alkanes of at least 4 members (excludes halogenated alkanes) is 9. The first-order chi connectivity index (χ1) is 13.1. The van der Waals surface area contributed by atoms with Gasteiger partial charge in [-0.2, -0.15) is 0 Å². The maximum Gasteiger partial charge on any atom is 0.191 e. The Hall–Kier alpha value is -1.49. The molecular weight excluding hydrogens is 340 g/mol. The fourth-order valence-electron chi connectivity index (χ4n) is 2.51. The summed E-state index contributed by atoms with van der Waals surface area (Å²) in [5, 5.41) is 27.4. The summed E-state index contributed by atoms with van der Waals surface area (Å²) in [6.45, 7) is 0.638. The molecule has 0 spiro atoms. The minimum atomic E-state index is -2.10. The van der Waals surface area contributed by atoms with Crippen molar-refractivity contribution >= 4 is 5.78 Å². The van der Waals surface area contributed by atoms with Crippen LogP contribution in [0, 0.1) is 0 Å². The lowest BCUT2D eigenvalue weighted by Crippen LogP contribution is -2.45. The van der Waals surface area contributed by atoms with Crippen molar-refractivity contribution in [2.45, 2.75) is 76.7 Å². The summed E-state index contributed by atoms with van der Waals surface area (Å²) in [7, 11) is 0. The van der Waals surface area contributed by atoms with Gasteiger partial charge in [-0.05, 0) is 18.9 Å². The lowest BCUT2D eigenvalue weighted by atomic mass is 10.0. The van der Waals surface area contributed by atoms with E-state index in [1.807, 2.05) is 18.2 Å². The molecule has 0 heterocycles. The molecular formula is C23H38O4. The van der Waals surface area contributed by atoms with Gasteiger partial charge < -0.3 is 15.3 Å². The molecule has 27 heavy (non-hydrogen) atoms. The van der Waals surface area contributed by atoms with Crippen LogP contribution < -0.4 is 0 Å². The Morgan fingerprint density at radius 3 is 1.78 bits per heavy atom. The Morgan fingerprint density at radius 2 is 1.22 bits per heavy atom. The highest BCUT2D eigenvalue weighted by atomic mass is 16.4. The van der Waals surface area contributed by atoms with Gasteiger partial charge in [-0.1, -0.05) is 101 Å². The SMILES string of the molecule is CCCCCCCCCCCC=CC=CC=CC=CC(=O)C(O)(CO)CO. The first kappa shape index (κ1) is 25.5. The van der Waals surface area contributed by atoms with E-state index in [0.29, 0.717) is 0 Å². The van der Waals surface area contributed by atoms with Crippen LogP contribution in [0.1, 0.15) is 71.1 Å². The summed E-state index contributed by atoms with van der Waals surface area (Å²) in [5.41, 5.74) is -2.10. The Bertz CT molecular complexity index is 471. The molecule has 4 nitrogen and oxygen atoms in total. The summed E-state index contributed by atoms with van der Waals surface area (Å²) in [6.07, 6.45) is 27.2. The van der Waals surface area contributed by atoms with Crippen molar-refractivity contribution in [2.24, 2.45) is 0 Å². The van der Waals surface area contributed by atoms with E-state index in [1.165, 1.54) is 63.9 Å². The van der Waals surface area contributed by atoms with Crippen LogP contribution in [0.2, 0.25) is 0 Å². The Kier molecular flexibility index (Phi) is 16.9. The highest BCUT2D eigenvalue weighted by Gasteiger charge is 2.32. The number of rotatable bonds is 17. The monoisotopic (exact) mass is 378 g/mol. The van der Waals surface area contributed by atoms with Crippen LogP contribution in [-0.2, 0) is 4.79 Å². The van der Waals surface area contributed by atoms with Crippen molar-refractivity contribution < 1.29 is 20.1 Å². The zero-order valence-electron chi connectivity index (χ0n) is 16.9. The van der Waals surface area contributed by atoms with E-state index in [1.54, 1.807) is 12.2 Å². The van der Waals surface area contributed by atoms with E-state index in [9.17, 15) is 9.90 Å². The largest absolute Gasteiger partial charge is 0.393 e. The number of hydrogen-bond acceptors (Lipinski definition) is 4. The number of aliphatic hydroxyl groups is 3. The number of hydrogen-bond donors (Lipinski definition) is 3. The minimum absolute atomic E-state index is 0.720. The van der Waals surface area contributed by atoms with Gasteiger partial charge in [-0.15, -0.1) is 0 Å². The summed E-state index contributed by atoms with van der Waals surface area (Å²) >= 11 is 0. The average molecular weight is 379 g/mol. The van der Waals surface area contributed by atoms with Crippen LogP contribution in [-0.4, -0.2) is 39.9 Å². The number of carbonyl (C=O) groups is 1. The van der Waals surface area contributed by atoms with E-state index in [-0.39, 0.29) is 0 Å². The molecule has 0 aliphatic rings. The van der Waals surface area contributed by atoms with E-state index in [2.05, 4.69) is 13.0 Å². The second kappa shape index (κ2) is 17.9. The van der Waals surface area contributed by atoms with E-state index < -0.39 is 24.6 Å². The maximum absolute atomic E-state index is 11.6. The fraction of sp³-hybridized carbons (Fsp3) is 0.609. The quantitative estimate of drug-likeness (QED) is 0.199. The molecule has 4 heteroatoms. The molecule has 0 radical (unpaired) electrons. The third-order valence-electron chi connectivity index (χ3n) is 4.40. The van der Waals surface area contributed by atoms with Gasteiger partial charge in [0.1, 0.15) is 0 Å². The summed E-state index contributed by atoms with van der Waals surface area (Å²) in [6, 6.07) is 0. The van der Waals surface area contributed by atoms with Crippen LogP contribution in [0.25, 0.3) is 0 Å². The minimum Gasteiger partial charge on any atom is -0.393 e. The second-order valence-corrected chi connectivity index (χ2v) is 6.89. The molecule has 0 aromatic heterocycles. The molecule has 3 N–H and O–H groups in total. The van der Waals surface area contributed by atoms with Crippen molar-refractivity contribution in [2.75, 3.05) is 13.2 Å². The van der Waals surface area contributed by atoms with E-state index in [4.69, 9.17) is 10.2 Å². The van der Waals surface area contributed by atoms with Crippen molar-refractivity contribution in [3.05, 3.63) is 48.6 Å². The number of allylic oxidation sites excluding steroid dienone is 7. The first-order valence-corrected chi connectivity index (χ1v) is 10.3. The van der Waals surface area contributed by atoms with Crippen molar-refractivity contribution in [3.63, 3.8) is 0 Å². The van der Waals surface area contributed by atoms with E-state index in [0.717, 1.165) is 12.5 Å². The van der Waals surface area contributed by atoms with Crippen LogP contribution in [0.5, 0.6) is 0 Å². The maximum atomic E-state index is 11.6. The topological polar surface area (TPSA) is 77.8 Å². The predicted molar refractivity (Wildman–Crippen MR) is 113 cm³/mol. The third kappa shape index (κ3) is 14.3. The van der Waals surface area contributed by atoms with Crippen LogP contribution in [0.4, 0.5) is 0 Å². The summed E-state index contributed by atoms with van der Waals surface area (Å²) in [5.74, 6) is -0.720. The zero-order chi connectivity index (χ0) is 20.2. The Labute approximate surface area is 165 Å². The number of carbonyl (C=O) groups excluding carboxylic acids is 1. The third-order valence-corrected chi connectivity index (χ3v) is 4.40. The van der Waals surface area contributed by atoms with Crippen molar-refractivity contribution in [1.29, 1.82) is 0 Å². The van der Waals surface area contributed by atoms with Gasteiger partial charge in [0.05, 0.1) is 13.2 Å². The number of aliphatic hydroxyl groups excluding tert-OH is 2. The molecule has 0 rings (SSSR count). The Morgan fingerprint density at radius 1 is 0.741 bits per heavy atom. The molecule has 0 aliphatic heterocycles. The van der Waals surface area contributed by atoms with Gasteiger partial charge in [0, 0.05) is 0 Å². The molecule has 0 aromatic carbocycles. The highest BCUT2D eigenvalue weighted by Crippen LogP contribution is 2.10. The molecule has 0 aliphatic carbocycles. The van der Waals surface area contributed by atoms with Gasteiger partial charge in [0.15, 0.2) is 11.4 Å². The van der Waals surface area contributed by atoms with Crippen LogP contribution in [0.15, 0.2) is 48.6 Å². The molecule has 154 valence electrons. The van der Waals surface area contributed by atoms with Crippen LogP contribution >= 0.6 is 0 Å². The molecule has 0 bridgehead atoms. The normalized spacial score (nSPS) is 13.0. The highest BCUT2D eigenvalue weighted by molar-refractivity contribution is 5.97. The van der Waals surface area contributed by atoms with Gasteiger partial charge in [0.25, 0.3) is 0 Å².